The van der Waals surface area contributed by atoms with E-state index in [2.05, 4.69) is 28.3 Å². The normalized spacial score (nSPS) is 19.8. The molecule has 0 radical (unpaired) electrons. The molecule has 0 aliphatic carbocycles. The van der Waals surface area contributed by atoms with Gasteiger partial charge in [-0.2, -0.15) is 5.10 Å². The molecule has 5 nitrogen and oxygen atoms in total. The average Bonchev–Trinajstić information content (AvgIpc) is 3.15. The number of carbonyl (C=O) groups is 1. The van der Waals surface area contributed by atoms with Crippen LogP contribution in [0.15, 0.2) is 47.6 Å². The Morgan fingerprint density at radius 1 is 1.19 bits per heavy atom. The van der Waals surface area contributed by atoms with E-state index >= 15 is 0 Å². The molecule has 0 saturated carbocycles. The van der Waals surface area contributed by atoms with Crippen molar-refractivity contribution < 1.29 is 4.79 Å². The van der Waals surface area contributed by atoms with Crippen LogP contribution in [0.5, 0.6) is 0 Å². The molecule has 2 atom stereocenters. The van der Waals surface area contributed by atoms with E-state index in [0.717, 1.165) is 17.5 Å². The summed E-state index contributed by atoms with van der Waals surface area (Å²) in [5.74, 6) is -0.193. The zero-order valence-corrected chi connectivity index (χ0v) is 15.8. The number of nitrogens with one attached hydrogen (secondary N) is 3. The third-order valence-corrected chi connectivity index (χ3v) is 5.08. The zero-order valence-electron chi connectivity index (χ0n) is 14.3. The van der Waals surface area contributed by atoms with Gasteiger partial charge >= 0.3 is 0 Å². The summed E-state index contributed by atoms with van der Waals surface area (Å²) in [6, 6.07) is 13.1. The Morgan fingerprint density at radius 2 is 1.96 bits per heavy atom. The van der Waals surface area contributed by atoms with Crippen LogP contribution in [0, 0.1) is 0 Å². The van der Waals surface area contributed by atoms with Gasteiger partial charge in [-0.25, -0.2) is 16.3 Å². The van der Waals surface area contributed by atoms with Crippen molar-refractivity contribution in [1.82, 2.24) is 16.3 Å². The second-order valence-corrected chi connectivity index (χ2v) is 6.95. The van der Waals surface area contributed by atoms with Crippen LogP contribution in [0.4, 0.5) is 0 Å². The molecule has 26 heavy (non-hydrogen) atoms. The van der Waals surface area contributed by atoms with Crippen LogP contribution in [-0.2, 0) is 11.2 Å². The number of amides is 1. The van der Waals surface area contributed by atoms with E-state index in [1.165, 1.54) is 5.56 Å². The molecule has 2 unspecified atom stereocenters. The monoisotopic (exact) mass is 390 g/mol. The minimum absolute atomic E-state index is 0.0221. The topological polar surface area (TPSA) is 65.5 Å². The summed E-state index contributed by atoms with van der Waals surface area (Å²) in [6.45, 7) is 2.11. The SMILES string of the molecule is CCc1ccc(/C=N/NC(=O)C2CC(c3ccc(Cl)c(Cl)c3)NN2)cc1. The highest BCUT2D eigenvalue weighted by atomic mass is 35.5. The Bertz CT molecular complexity index is 808. The first-order valence-corrected chi connectivity index (χ1v) is 9.20. The number of carbonyl (C=O) groups excluding carboxylic acids is 1. The van der Waals surface area contributed by atoms with Gasteiger partial charge in [-0.1, -0.05) is 60.5 Å². The van der Waals surface area contributed by atoms with E-state index in [1.54, 1.807) is 12.3 Å². The van der Waals surface area contributed by atoms with Gasteiger partial charge in [-0.3, -0.25) is 4.79 Å². The van der Waals surface area contributed by atoms with Crippen molar-refractivity contribution in [2.75, 3.05) is 0 Å². The van der Waals surface area contributed by atoms with E-state index < -0.39 is 0 Å². The minimum atomic E-state index is -0.380. The molecule has 1 amide bonds. The lowest BCUT2D eigenvalue weighted by atomic mass is 10.0. The fraction of sp³-hybridized carbons (Fsp3) is 0.263. The molecule has 3 N–H and O–H groups in total. The van der Waals surface area contributed by atoms with Gasteiger partial charge < -0.3 is 0 Å². The lowest BCUT2D eigenvalue weighted by Crippen LogP contribution is -2.41. The third kappa shape index (κ3) is 4.62. The molecule has 1 saturated heterocycles. The number of hydrazone groups is 1. The molecular formula is C19H20Cl2N4O. The number of nitrogens with zero attached hydrogens (tertiary/aromatic N) is 1. The highest BCUT2D eigenvalue weighted by Gasteiger charge is 2.30. The first-order chi connectivity index (χ1) is 12.6. The van der Waals surface area contributed by atoms with Gasteiger partial charge in [0.15, 0.2) is 0 Å². The smallest absolute Gasteiger partial charge is 0.258 e. The van der Waals surface area contributed by atoms with Crippen LogP contribution >= 0.6 is 23.2 Å². The van der Waals surface area contributed by atoms with Gasteiger partial charge in [-0.15, -0.1) is 0 Å². The second kappa shape index (κ2) is 8.64. The fourth-order valence-corrected chi connectivity index (χ4v) is 3.07. The van der Waals surface area contributed by atoms with E-state index in [4.69, 9.17) is 23.2 Å². The first-order valence-electron chi connectivity index (χ1n) is 8.44. The van der Waals surface area contributed by atoms with Crippen molar-refractivity contribution in [2.45, 2.75) is 31.8 Å². The summed E-state index contributed by atoms with van der Waals surface area (Å²) >= 11 is 12.0. The Kier molecular flexibility index (Phi) is 6.27. The largest absolute Gasteiger partial charge is 0.271 e. The van der Waals surface area contributed by atoms with E-state index in [0.29, 0.717) is 16.5 Å². The molecule has 7 heteroatoms. The molecular weight excluding hydrogens is 371 g/mol. The standard InChI is InChI=1S/C19H20Cl2N4O/c1-2-12-3-5-13(6-4-12)11-22-25-19(26)18-10-17(23-24-18)14-7-8-15(20)16(21)9-14/h3-9,11,17-18,23-24H,2,10H2,1H3,(H,25,26)/b22-11+. The summed E-state index contributed by atoms with van der Waals surface area (Å²) < 4.78 is 0. The van der Waals surface area contributed by atoms with Crippen molar-refractivity contribution in [3.8, 4) is 0 Å². The minimum Gasteiger partial charge on any atom is -0.271 e. The number of aryl methyl sites for hydroxylation is 1. The summed E-state index contributed by atoms with van der Waals surface area (Å²) in [5, 5.41) is 5.04. The van der Waals surface area contributed by atoms with Crippen LogP contribution in [0.3, 0.4) is 0 Å². The Balaban J connectivity index is 1.53. The Labute approximate surface area is 162 Å². The maximum absolute atomic E-state index is 12.3. The number of hydrazine groups is 1. The van der Waals surface area contributed by atoms with E-state index in [-0.39, 0.29) is 18.0 Å². The van der Waals surface area contributed by atoms with Crippen molar-refractivity contribution in [3.05, 3.63) is 69.2 Å². The lowest BCUT2D eigenvalue weighted by Gasteiger charge is -2.10. The molecule has 3 rings (SSSR count). The van der Waals surface area contributed by atoms with Gasteiger partial charge in [0.25, 0.3) is 5.91 Å². The van der Waals surface area contributed by atoms with Crippen LogP contribution in [-0.4, -0.2) is 18.2 Å². The second-order valence-electron chi connectivity index (χ2n) is 6.13. The molecule has 2 aromatic rings. The van der Waals surface area contributed by atoms with Crippen LogP contribution in [0.2, 0.25) is 10.0 Å². The Hall–Kier alpha value is -1.92. The summed E-state index contributed by atoms with van der Waals surface area (Å²) in [4.78, 5) is 12.3. The van der Waals surface area contributed by atoms with Crippen LogP contribution in [0.25, 0.3) is 0 Å². The molecule has 2 aromatic carbocycles. The van der Waals surface area contributed by atoms with Gasteiger partial charge in [0, 0.05) is 6.04 Å². The number of benzene rings is 2. The maximum atomic E-state index is 12.3. The first kappa shape index (κ1) is 18.9. The van der Waals surface area contributed by atoms with E-state index in [9.17, 15) is 4.79 Å². The van der Waals surface area contributed by atoms with E-state index in [1.807, 2.05) is 36.4 Å². The summed E-state index contributed by atoms with van der Waals surface area (Å²) in [6.07, 6.45) is 3.22. The van der Waals surface area contributed by atoms with Crippen molar-refractivity contribution >= 4 is 35.3 Å². The fourth-order valence-electron chi connectivity index (χ4n) is 2.76. The molecule has 1 aliphatic rings. The predicted molar refractivity (Wildman–Crippen MR) is 105 cm³/mol. The Morgan fingerprint density at radius 3 is 2.65 bits per heavy atom. The van der Waals surface area contributed by atoms with Gasteiger partial charge in [0.1, 0.15) is 6.04 Å². The van der Waals surface area contributed by atoms with Gasteiger partial charge in [0.2, 0.25) is 0 Å². The van der Waals surface area contributed by atoms with Crippen LogP contribution < -0.4 is 16.3 Å². The zero-order chi connectivity index (χ0) is 18.5. The number of halogens is 2. The highest BCUT2D eigenvalue weighted by molar-refractivity contribution is 6.42. The quantitative estimate of drug-likeness (QED) is 0.539. The van der Waals surface area contributed by atoms with Crippen molar-refractivity contribution in [3.63, 3.8) is 0 Å². The number of rotatable bonds is 5. The highest BCUT2D eigenvalue weighted by Crippen LogP contribution is 2.28. The van der Waals surface area contributed by atoms with Gasteiger partial charge in [0.05, 0.1) is 16.3 Å². The molecule has 1 fully saturated rings. The molecule has 1 aliphatic heterocycles. The number of hydrogen-bond donors (Lipinski definition) is 3. The molecule has 0 spiro atoms. The molecule has 0 aromatic heterocycles. The summed E-state index contributed by atoms with van der Waals surface area (Å²) in [7, 11) is 0. The predicted octanol–water partition coefficient (Wildman–Crippen LogP) is 3.61. The third-order valence-electron chi connectivity index (χ3n) is 4.34. The van der Waals surface area contributed by atoms with Gasteiger partial charge in [-0.05, 0) is 41.7 Å². The molecule has 1 heterocycles. The molecule has 0 bridgehead atoms. The van der Waals surface area contributed by atoms with Crippen LogP contribution in [0.1, 0.15) is 36.1 Å². The number of hydrogen-bond acceptors (Lipinski definition) is 4. The van der Waals surface area contributed by atoms with Crippen molar-refractivity contribution in [2.24, 2.45) is 5.10 Å². The maximum Gasteiger partial charge on any atom is 0.258 e. The van der Waals surface area contributed by atoms with Crippen molar-refractivity contribution in [1.29, 1.82) is 0 Å². The summed E-state index contributed by atoms with van der Waals surface area (Å²) in [5.41, 5.74) is 11.8. The average molecular weight is 391 g/mol. The molecule has 136 valence electrons. The lowest BCUT2D eigenvalue weighted by molar-refractivity contribution is -0.122.